The largest absolute Gasteiger partial charge is 3.00 e. The Morgan fingerprint density at radius 3 is 0.571 bits per heavy atom. The zero-order valence-corrected chi connectivity index (χ0v) is 12.4. The molecule has 4 radical (unpaired) electrons. The molecule has 0 saturated heterocycles. The van der Waals surface area contributed by atoms with Crippen LogP contribution in [0.15, 0.2) is 0 Å². The third-order valence-electron chi connectivity index (χ3n) is 0. The molecular formula is H4LaO4PbTi-. The van der Waals surface area contributed by atoms with E-state index in [-0.39, 0.29) is 107 Å². The fourth-order valence-corrected chi connectivity index (χ4v) is 0. The Kier molecular flexibility index (Phi) is 1040. The minimum absolute atomic E-state index is 0. The average Bonchev–Trinajstić information content (AvgIpc) is 0. The van der Waals surface area contributed by atoms with Gasteiger partial charge in [-0.25, -0.2) is 0 Å². The summed E-state index contributed by atoms with van der Waals surface area (Å²) in [5, 5.41) is 0. The molecule has 0 fully saturated rings. The molecule has 0 rings (SSSR count). The predicted octanol–water partition coefficient (Wildman–Crippen LogP) is -1.09. The van der Waals surface area contributed by atoms with Gasteiger partial charge in [-0.1, -0.05) is 0 Å². The van der Waals surface area contributed by atoms with E-state index in [1.165, 1.54) is 0 Å². The van der Waals surface area contributed by atoms with E-state index in [1.807, 2.05) is 0 Å². The first-order valence-corrected chi connectivity index (χ1v) is 0. The second-order valence-electron chi connectivity index (χ2n) is 0. The fraction of sp³-hybridized carbons (Fsp3) is 0. The van der Waals surface area contributed by atoms with Gasteiger partial charge in [-0.3, -0.25) is 0 Å². The topological polar surface area (TPSA) is 120 Å². The van der Waals surface area contributed by atoms with E-state index < -0.39 is 0 Å². The summed E-state index contributed by atoms with van der Waals surface area (Å²) in [4.78, 5) is 0. The van der Waals surface area contributed by atoms with Crippen LogP contribution in [0.5, 0.6) is 0 Å². The molecule has 0 saturated carbocycles. The molecule has 0 heterocycles. The zero-order chi connectivity index (χ0) is 0. The Morgan fingerprint density at radius 1 is 0.571 bits per heavy atom. The van der Waals surface area contributed by atoms with Crippen LogP contribution in [0, 0.1) is 35.6 Å². The molecule has 7 heavy (non-hydrogen) atoms. The summed E-state index contributed by atoms with van der Waals surface area (Å²) in [7, 11) is 0. The molecule has 0 atom stereocenters. The van der Waals surface area contributed by atoms with Crippen molar-refractivity contribution < 1.29 is 79.2 Å². The molecule has 0 aromatic carbocycles. The maximum absolute atomic E-state index is 0. The third kappa shape index (κ3) is 54.1. The molecule has 4 nitrogen and oxygen atoms in total. The summed E-state index contributed by atoms with van der Waals surface area (Å²) in [5.74, 6) is 0. The van der Waals surface area contributed by atoms with E-state index in [9.17, 15) is 0 Å². The molecule has 0 unspecified atom stereocenters. The molecule has 0 spiro atoms. The second-order valence-corrected chi connectivity index (χ2v) is 0. The smallest absolute Gasteiger partial charge is 0.870 e. The van der Waals surface area contributed by atoms with Crippen molar-refractivity contribution in [2.75, 3.05) is 0 Å². The van der Waals surface area contributed by atoms with E-state index in [1.54, 1.807) is 0 Å². The molecule has 0 aliphatic rings. The van der Waals surface area contributed by atoms with Gasteiger partial charge in [0.25, 0.3) is 0 Å². The fourth-order valence-electron chi connectivity index (χ4n) is 0. The first-order chi connectivity index (χ1) is 0. The first kappa shape index (κ1) is 102. The van der Waals surface area contributed by atoms with Gasteiger partial charge in [-0.2, -0.15) is 0 Å². The zero-order valence-electron chi connectivity index (χ0n) is 3.37. The summed E-state index contributed by atoms with van der Waals surface area (Å²) in [5.41, 5.74) is 0. The Balaban J connectivity index is 0. The molecule has 0 aromatic heterocycles. The number of rotatable bonds is 0. The minimum atomic E-state index is 0. The van der Waals surface area contributed by atoms with Crippen LogP contribution >= 0.6 is 0 Å². The monoisotopic (exact) mass is 463 g/mol. The third-order valence-corrected chi connectivity index (χ3v) is 0. The summed E-state index contributed by atoms with van der Waals surface area (Å²) in [6.45, 7) is 0. The Labute approximate surface area is 105 Å². The Hall–Kier alpha value is 2.67. The van der Waals surface area contributed by atoms with Crippen molar-refractivity contribution in [1.82, 2.24) is 0 Å². The van der Waals surface area contributed by atoms with Crippen LogP contribution in [-0.4, -0.2) is 49.2 Å². The van der Waals surface area contributed by atoms with Crippen molar-refractivity contribution in [3.63, 3.8) is 0 Å². The molecular weight excluding hydrogens is 458 g/mol. The quantitative estimate of drug-likeness (QED) is 0.425. The summed E-state index contributed by atoms with van der Waals surface area (Å²) < 4.78 is 0. The molecule has 0 aliphatic carbocycles. The van der Waals surface area contributed by atoms with Gasteiger partial charge in [-0.15, -0.1) is 0 Å². The molecule has 4 N–H and O–H groups in total. The predicted molar refractivity (Wildman–Crippen MR) is 13.5 cm³/mol. The number of hydrogen-bond donors (Lipinski definition) is 0. The van der Waals surface area contributed by atoms with E-state index in [2.05, 4.69) is 0 Å². The maximum Gasteiger partial charge on any atom is 3.00 e. The standard InChI is InChI=1S/La.4H2O.Pb.Ti/h;4*1H2;;/q+3;;;;;;/p-4. The van der Waals surface area contributed by atoms with Crippen LogP contribution in [0.25, 0.3) is 0 Å². The van der Waals surface area contributed by atoms with Gasteiger partial charge >= 0.3 is 35.6 Å². The van der Waals surface area contributed by atoms with Crippen LogP contribution in [0.1, 0.15) is 0 Å². The SMILES string of the molecule is [La+3].[OH-].[OH-].[OH-].[OH-].[Pb].[Ti]. The molecule has 7 heteroatoms. The van der Waals surface area contributed by atoms with Crippen molar-refractivity contribution in [2.24, 2.45) is 0 Å². The minimum Gasteiger partial charge on any atom is -0.870 e. The molecule has 40 valence electrons. The van der Waals surface area contributed by atoms with Crippen molar-refractivity contribution in [3.05, 3.63) is 0 Å². The van der Waals surface area contributed by atoms with Gasteiger partial charge in [-0.05, 0) is 0 Å². The van der Waals surface area contributed by atoms with Crippen molar-refractivity contribution in [3.8, 4) is 0 Å². The summed E-state index contributed by atoms with van der Waals surface area (Å²) in [6.07, 6.45) is 0. The van der Waals surface area contributed by atoms with Crippen molar-refractivity contribution in [2.45, 2.75) is 0 Å². The van der Waals surface area contributed by atoms with Crippen LogP contribution < -0.4 is 0 Å². The van der Waals surface area contributed by atoms with E-state index in [4.69, 9.17) is 0 Å². The van der Waals surface area contributed by atoms with Crippen molar-refractivity contribution >= 4 is 27.3 Å². The van der Waals surface area contributed by atoms with E-state index in [0.29, 0.717) is 0 Å². The van der Waals surface area contributed by atoms with Gasteiger partial charge in [0.2, 0.25) is 0 Å². The number of hydrogen-bond acceptors (Lipinski definition) is 4. The normalized spacial score (nSPS) is 0. The van der Waals surface area contributed by atoms with Gasteiger partial charge in [0.05, 0.1) is 0 Å². The van der Waals surface area contributed by atoms with Crippen LogP contribution in [0.3, 0.4) is 0 Å². The Bertz CT molecular complexity index is 11.7. The van der Waals surface area contributed by atoms with Crippen LogP contribution in [-0.2, 0) is 21.7 Å². The van der Waals surface area contributed by atoms with Gasteiger partial charge in [0.1, 0.15) is 0 Å². The van der Waals surface area contributed by atoms with E-state index in [0.717, 1.165) is 0 Å². The van der Waals surface area contributed by atoms with Gasteiger partial charge in [0, 0.05) is 49.0 Å². The van der Waals surface area contributed by atoms with Gasteiger partial charge in [0.15, 0.2) is 0 Å². The van der Waals surface area contributed by atoms with E-state index >= 15 is 0 Å². The Morgan fingerprint density at radius 2 is 0.571 bits per heavy atom. The molecule has 0 amide bonds. The van der Waals surface area contributed by atoms with Crippen LogP contribution in [0.4, 0.5) is 0 Å². The van der Waals surface area contributed by atoms with Gasteiger partial charge < -0.3 is 21.9 Å². The first-order valence-electron chi connectivity index (χ1n) is 0. The van der Waals surface area contributed by atoms with Crippen molar-refractivity contribution in [1.29, 1.82) is 0 Å². The van der Waals surface area contributed by atoms with Crippen LogP contribution in [0.2, 0.25) is 0 Å². The molecule has 0 bridgehead atoms. The molecule has 0 aromatic rings. The second kappa shape index (κ2) is 71.5. The summed E-state index contributed by atoms with van der Waals surface area (Å²) >= 11 is 0. The summed E-state index contributed by atoms with van der Waals surface area (Å²) in [6, 6.07) is 0. The average molecular weight is 462 g/mol. The molecule has 0 aliphatic heterocycles. The maximum atomic E-state index is 0.